The molecule has 1 N–H and O–H groups in total. The molecule has 102 valence electrons. The molecule has 0 bridgehead atoms. The van der Waals surface area contributed by atoms with Crippen LogP contribution in [-0.2, 0) is 9.53 Å². The van der Waals surface area contributed by atoms with Crippen molar-refractivity contribution in [3.8, 4) is 0 Å². The number of hydrogen-bond donors (Lipinski definition) is 1. The van der Waals surface area contributed by atoms with E-state index in [0.29, 0.717) is 5.02 Å². The normalized spacial score (nSPS) is 15.2. The van der Waals surface area contributed by atoms with Gasteiger partial charge >= 0.3 is 5.97 Å². The van der Waals surface area contributed by atoms with Crippen LogP contribution >= 0.6 is 11.6 Å². The van der Waals surface area contributed by atoms with Gasteiger partial charge in [0.05, 0.1) is 10.6 Å². The molecule has 1 aromatic carbocycles. The second kappa shape index (κ2) is 6.57. The molecule has 4 nitrogen and oxygen atoms in total. The van der Waals surface area contributed by atoms with Gasteiger partial charge in [-0.05, 0) is 25.0 Å². The third-order valence-electron chi connectivity index (χ3n) is 3.15. The minimum Gasteiger partial charge on any atom is -0.452 e. The van der Waals surface area contributed by atoms with E-state index in [0.717, 1.165) is 25.7 Å². The fourth-order valence-corrected chi connectivity index (χ4v) is 2.39. The largest absolute Gasteiger partial charge is 0.452 e. The number of amides is 1. The lowest BCUT2D eigenvalue weighted by atomic mass is 10.2. The Morgan fingerprint density at radius 1 is 1.26 bits per heavy atom. The van der Waals surface area contributed by atoms with Gasteiger partial charge in [0.1, 0.15) is 0 Å². The summed E-state index contributed by atoms with van der Waals surface area (Å²) in [4.78, 5) is 23.3. The summed E-state index contributed by atoms with van der Waals surface area (Å²) >= 11 is 5.87. The van der Waals surface area contributed by atoms with Crippen LogP contribution in [0.4, 0.5) is 0 Å². The lowest BCUT2D eigenvalue weighted by molar-refractivity contribution is -0.124. The zero-order chi connectivity index (χ0) is 13.7. The number of ether oxygens (including phenoxy) is 1. The predicted octanol–water partition coefficient (Wildman–Crippen LogP) is 2.56. The van der Waals surface area contributed by atoms with Gasteiger partial charge in [-0.25, -0.2) is 4.79 Å². The molecule has 0 heterocycles. The quantitative estimate of drug-likeness (QED) is 0.863. The van der Waals surface area contributed by atoms with Crippen LogP contribution in [0.2, 0.25) is 5.02 Å². The minimum atomic E-state index is -0.577. The van der Waals surface area contributed by atoms with E-state index in [4.69, 9.17) is 16.3 Å². The van der Waals surface area contributed by atoms with Crippen molar-refractivity contribution in [1.29, 1.82) is 0 Å². The van der Waals surface area contributed by atoms with Gasteiger partial charge in [0, 0.05) is 6.04 Å². The fourth-order valence-electron chi connectivity index (χ4n) is 2.18. The Hall–Kier alpha value is -1.55. The Balaban J connectivity index is 1.80. The van der Waals surface area contributed by atoms with Crippen LogP contribution < -0.4 is 5.32 Å². The SMILES string of the molecule is O=C(COC(=O)c1ccccc1Cl)NC1CCCC1. The van der Waals surface area contributed by atoms with Crippen LogP contribution in [0.25, 0.3) is 0 Å². The molecular weight excluding hydrogens is 266 g/mol. The minimum absolute atomic E-state index is 0.228. The van der Waals surface area contributed by atoms with Gasteiger partial charge in [-0.2, -0.15) is 0 Å². The Morgan fingerprint density at radius 2 is 1.95 bits per heavy atom. The number of benzene rings is 1. The number of esters is 1. The molecule has 5 heteroatoms. The third kappa shape index (κ3) is 3.96. The molecule has 1 amide bonds. The molecule has 0 aliphatic heterocycles. The summed E-state index contributed by atoms with van der Waals surface area (Å²) in [6.45, 7) is -0.263. The van der Waals surface area contributed by atoms with Gasteiger partial charge in [-0.1, -0.05) is 36.6 Å². The summed E-state index contributed by atoms with van der Waals surface area (Å²) in [6.07, 6.45) is 4.29. The van der Waals surface area contributed by atoms with Crippen molar-refractivity contribution >= 4 is 23.5 Å². The van der Waals surface area contributed by atoms with E-state index in [2.05, 4.69) is 5.32 Å². The molecule has 0 atom stereocenters. The van der Waals surface area contributed by atoms with Crippen LogP contribution in [0.3, 0.4) is 0 Å². The first-order valence-corrected chi connectivity index (χ1v) is 6.75. The summed E-state index contributed by atoms with van der Waals surface area (Å²) in [6, 6.07) is 6.83. The zero-order valence-corrected chi connectivity index (χ0v) is 11.3. The van der Waals surface area contributed by atoms with E-state index < -0.39 is 5.97 Å². The third-order valence-corrected chi connectivity index (χ3v) is 3.48. The summed E-state index contributed by atoms with van der Waals surface area (Å²) in [5.74, 6) is -0.834. The summed E-state index contributed by atoms with van der Waals surface area (Å²) in [5.41, 5.74) is 0.276. The predicted molar refractivity (Wildman–Crippen MR) is 72.1 cm³/mol. The van der Waals surface area contributed by atoms with Crippen LogP contribution in [0.5, 0.6) is 0 Å². The second-order valence-corrected chi connectivity index (χ2v) is 5.01. The lowest BCUT2D eigenvalue weighted by Crippen LogP contribution is -2.35. The van der Waals surface area contributed by atoms with Gasteiger partial charge < -0.3 is 10.1 Å². The Labute approximate surface area is 117 Å². The monoisotopic (exact) mass is 281 g/mol. The van der Waals surface area contributed by atoms with E-state index in [1.807, 2.05) is 0 Å². The van der Waals surface area contributed by atoms with Gasteiger partial charge in [0.25, 0.3) is 5.91 Å². The molecule has 0 aromatic heterocycles. The lowest BCUT2D eigenvalue weighted by Gasteiger charge is -2.12. The van der Waals surface area contributed by atoms with Crippen LogP contribution in [0.1, 0.15) is 36.0 Å². The highest BCUT2D eigenvalue weighted by Crippen LogP contribution is 2.18. The van der Waals surface area contributed by atoms with Gasteiger partial charge in [0.15, 0.2) is 6.61 Å². The zero-order valence-electron chi connectivity index (χ0n) is 10.5. The van der Waals surface area contributed by atoms with Crippen LogP contribution in [-0.4, -0.2) is 24.5 Å². The smallest absolute Gasteiger partial charge is 0.340 e. The number of rotatable bonds is 4. The van der Waals surface area contributed by atoms with E-state index >= 15 is 0 Å². The van der Waals surface area contributed by atoms with Crippen molar-refractivity contribution in [2.24, 2.45) is 0 Å². The molecule has 0 spiro atoms. The molecular formula is C14H16ClNO3. The van der Waals surface area contributed by atoms with E-state index in [1.165, 1.54) is 0 Å². The van der Waals surface area contributed by atoms with Crippen LogP contribution in [0, 0.1) is 0 Å². The first kappa shape index (κ1) is 13.9. The average molecular weight is 282 g/mol. The molecule has 1 saturated carbocycles. The number of hydrogen-bond acceptors (Lipinski definition) is 3. The Bertz CT molecular complexity index is 470. The maximum absolute atomic E-state index is 11.7. The summed E-state index contributed by atoms with van der Waals surface area (Å²) < 4.78 is 4.95. The number of halogens is 1. The second-order valence-electron chi connectivity index (χ2n) is 4.60. The molecule has 1 aliphatic rings. The first-order valence-electron chi connectivity index (χ1n) is 6.38. The molecule has 1 fully saturated rings. The Morgan fingerprint density at radius 3 is 2.63 bits per heavy atom. The van der Waals surface area contributed by atoms with Gasteiger partial charge in [0.2, 0.25) is 0 Å². The number of carbonyl (C=O) groups excluding carboxylic acids is 2. The van der Waals surface area contributed by atoms with E-state index in [9.17, 15) is 9.59 Å². The standard InChI is InChI=1S/C14H16ClNO3/c15-12-8-4-3-7-11(12)14(18)19-9-13(17)16-10-5-1-2-6-10/h3-4,7-8,10H,1-2,5-6,9H2,(H,16,17). The summed E-state index contributed by atoms with van der Waals surface area (Å²) in [7, 11) is 0. The fraction of sp³-hybridized carbons (Fsp3) is 0.429. The van der Waals surface area contributed by atoms with Crippen molar-refractivity contribution in [3.05, 3.63) is 34.9 Å². The maximum Gasteiger partial charge on any atom is 0.340 e. The molecule has 1 aromatic rings. The van der Waals surface area contributed by atoms with E-state index in [1.54, 1.807) is 24.3 Å². The van der Waals surface area contributed by atoms with Gasteiger partial charge in [-0.3, -0.25) is 4.79 Å². The van der Waals surface area contributed by atoms with Crippen molar-refractivity contribution in [2.75, 3.05) is 6.61 Å². The molecule has 19 heavy (non-hydrogen) atoms. The molecule has 2 rings (SSSR count). The van der Waals surface area contributed by atoms with Crippen molar-refractivity contribution in [3.63, 3.8) is 0 Å². The highest BCUT2D eigenvalue weighted by molar-refractivity contribution is 6.33. The first-order chi connectivity index (χ1) is 9.16. The number of carbonyl (C=O) groups is 2. The molecule has 1 aliphatic carbocycles. The van der Waals surface area contributed by atoms with Crippen molar-refractivity contribution in [1.82, 2.24) is 5.32 Å². The Kier molecular flexibility index (Phi) is 4.80. The summed E-state index contributed by atoms with van der Waals surface area (Å²) in [5, 5.41) is 3.17. The number of nitrogens with one attached hydrogen (secondary N) is 1. The maximum atomic E-state index is 11.7. The topological polar surface area (TPSA) is 55.4 Å². The highest BCUT2D eigenvalue weighted by atomic mass is 35.5. The average Bonchev–Trinajstić information content (AvgIpc) is 2.89. The highest BCUT2D eigenvalue weighted by Gasteiger charge is 2.18. The van der Waals surface area contributed by atoms with Crippen molar-refractivity contribution < 1.29 is 14.3 Å². The molecule has 0 unspecified atom stereocenters. The molecule has 0 radical (unpaired) electrons. The van der Waals surface area contributed by atoms with Crippen molar-refractivity contribution in [2.45, 2.75) is 31.7 Å². The van der Waals surface area contributed by atoms with Gasteiger partial charge in [-0.15, -0.1) is 0 Å². The molecule has 0 saturated heterocycles. The van der Waals surface area contributed by atoms with Crippen LogP contribution in [0.15, 0.2) is 24.3 Å². The van der Waals surface area contributed by atoms with E-state index in [-0.39, 0.29) is 24.1 Å².